The number of amides is 1. The summed E-state index contributed by atoms with van der Waals surface area (Å²) < 4.78 is 1.51. The summed E-state index contributed by atoms with van der Waals surface area (Å²) in [4.78, 5) is 11.8. The van der Waals surface area contributed by atoms with Crippen molar-refractivity contribution in [2.45, 2.75) is 0 Å². The largest absolute Gasteiger partial charge is 0.329 e. The van der Waals surface area contributed by atoms with E-state index in [4.69, 9.17) is 23.2 Å². The quantitative estimate of drug-likeness (QED) is 0.869. The van der Waals surface area contributed by atoms with E-state index < -0.39 is 0 Å². The molecule has 2 heterocycles. The van der Waals surface area contributed by atoms with Crippen molar-refractivity contribution in [1.29, 1.82) is 0 Å². The van der Waals surface area contributed by atoms with E-state index in [0.717, 1.165) is 0 Å². The Balaban J connectivity index is 2.24. The van der Waals surface area contributed by atoms with E-state index in [1.165, 1.54) is 16.8 Å². The van der Waals surface area contributed by atoms with E-state index in [1.54, 1.807) is 13.2 Å². The van der Waals surface area contributed by atoms with Gasteiger partial charge in [0, 0.05) is 13.2 Å². The highest BCUT2D eigenvalue weighted by molar-refractivity contribution is 6.42. The van der Waals surface area contributed by atoms with Crippen LogP contribution in [0, 0.1) is 0 Å². The van der Waals surface area contributed by atoms with Crippen molar-refractivity contribution in [2.75, 3.05) is 5.32 Å². The molecule has 2 rings (SSSR count). The van der Waals surface area contributed by atoms with Gasteiger partial charge in [-0.25, -0.2) is 0 Å². The Labute approximate surface area is 101 Å². The molecule has 2 N–H and O–H groups in total. The predicted octanol–water partition coefficient (Wildman–Crippen LogP) is 2.31. The average molecular weight is 259 g/mol. The molecule has 0 aliphatic carbocycles. The minimum atomic E-state index is -0.294. The van der Waals surface area contributed by atoms with Crippen molar-refractivity contribution in [3.05, 3.63) is 34.3 Å². The van der Waals surface area contributed by atoms with Gasteiger partial charge in [0.15, 0.2) is 0 Å². The molecule has 2 aromatic heterocycles. The molecule has 16 heavy (non-hydrogen) atoms. The van der Waals surface area contributed by atoms with Crippen LogP contribution in [0.1, 0.15) is 10.5 Å². The Morgan fingerprint density at radius 2 is 2.31 bits per heavy atom. The molecule has 0 bridgehead atoms. The van der Waals surface area contributed by atoms with Gasteiger partial charge < -0.3 is 9.88 Å². The number of halogens is 2. The first-order valence-electron chi connectivity index (χ1n) is 4.40. The van der Waals surface area contributed by atoms with Gasteiger partial charge in [0.25, 0.3) is 5.91 Å². The molecule has 0 unspecified atom stereocenters. The van der Waals surface area contributed by atoms with E-state index >= 15 is 0 Å². The molecule has 0 aromatic carbocycles. The number of nitrogens with zero attached hydrogens (tertiary/aromatic N) is 2. The van der Waals surface area contributed by atoms with Crippen LogP contribution in [0.2, 0.25) is 10.2 Å². The second kappa shape index (κ2) is 4.19. The summed E-state index contributed by atoms with van der Waals surface area (Å²) in [5, 5.41) is 9.64. The first-order valence-corrected chi connectivity index (χ1v) is 5.16. The topological polar surface area (TPSA) is 62.7 Å². The van der Waals surface area contributed by atoms with Gasteiger partial charge in [-0.15, -0.1) is 0 Å². The van der Waals surface area contributed by atoms with E-state index in [9.17, 15) is 4.79 Å². The van der Waals surface area contributed by atoms with Gasteiger partial charge in [-0.1, -0.05) is 23.2 Å². The molecule has 0 fully saturated rings. The van der Waals surface area contributed by atoms with Crippen molar-refractivity contribution >= 4 is 34.8 Å². The summed E-state index contributed by atoms with van der Waals surface area (Å²) in [6, 6.07) is 1.51. The molecule has 0 aliphatic heterocycles. The Hall–Kier alpha value is -1.46. The number of anilines is 1. The average Bonchev–Trinajstić information content (AvgIpc) is 2.83. The van der Waals surface area contributed by atoms with Crippen LogP contribution in [0.15, 0.2) is 18.5 Å². The molecule has 0 saturated carbocycles. The summed E-state index contributed by atoms with van der Waals surface area (Å²) in [7, 11) is 1.67. The number of carbonyl (C=O) groups excluding carboxylic acids is 1. The highest BCUT2D eigenvalue weighted by Crippen LogP contribution is 2.25. The van der Waals surface area contributed by atoms with E-state index in [2.05, 4.69) is 15.5 Å². The number of H-pyrrole nitrogens is 1. The summed E-state index contributed by atoms with van der Waals surface area (Å²) in [6.07, 6.45) is 3.08. The first-order chi connectivity index (χ1) is 7.59. The van der Waals surface area contributed by atoms with Gasteiger partial charge in [-0.3, -0.25) is 9.89 Å². The van der Waals surface area contributed by atoms with Crippen molar-refractivity contribution < 1.29 is 4.79 Å². The van der Waals surface area contributed by atoms with Crippen LogP contribution in [0.3, 0.4) is 0 Å². The van der Waals surface area contributed by atoms with Crippen LogP contribution >= 0.6 is 23.2 Å². The van der Waals surface area contributed by atoms with Gasteiger partial charge in [0.05, 0.1) is 16.9 Å². The number of hydrogen-bond acceptors (Lipinski definition) is 2. The standard InChI is InChI=1S/C9H8Cl2N4O/c1-15-7(2-6(10)8(15)11)9(16)14-5-3-12-13-4-5/h2-4H,1H3,(H,12,13)(H,14,16). The number of aromatic nitrogens is 3. The normalized spacial score (nSPS) is 10.4. The second-order valence-electron chi connectivity index (χ2n) is 3.17. The molecule has 2 aromatic rings. The minimum absolute atomic E-state index is 0.294. The summed E-state index contributed by atoms with van der Waals surface area (Å²) in [5.74, 6) is -0.294. The lowest BCUT2D eigenvalue weighted by Crippen LogP contribution is -2.15. The fraction of sp³-hybridized carbons (Fsp3) is 0.111. The minimum Gasteiger partial charge on any atom is -0.329 e. The zero-order chi connectivity index (χ0) is 11.7. The third-order valence-electron chi connectivity index (χ3n) is 2.11. The Morgan fingerprint density at radius 1 is 1.56 bits per heavy atom. The van der Waals surface area contributed by atoms with Crippen molar-refractivity contribution in [1.82, 2.24) is 14.8 Å². The molecule has 0 spiro atoms. The van der Waals surface area contributed by atoms with Crippen molar-refractivity contribution in [3.8, 4) is 0 Å². The number of carbonyl (C=O) groups is 1. The molecule has 1 amide bonds. The third-order valence-corrected chi connectivity index (χ3v) is 2.95. The zero-order valence-electron chi connectivity index (χ0n) is 8.29. The van der Waals surface area contributed by atoms with Gasteiger partial charge >= 0.3 is 0 Å². The maximum atomic E-state index is 11.8. The molecular formula is C9H8Cl2N4O. The zero-order valence-corrected chi connectivity index (χ0v) is 9.80. The van der Waals surface area contributed by atoms with Crippen LogP contribution in [-0.4, -0.2) is 20.7 Å². The van der Waals surface area contributed by atoms with E-state index in [1.807, 2.05) is 0 Å². The van der Waals surface area contributed by atoms with Crippen LogP contribution in [0.25, 0.3) is 0 Å². The van der Waals surface area contributed by atoms with Gasteiger partial charge in [0.1, 0.15) is 10.8 Å². The SMILES string of the molecule is Cn1c(C(=O)Nc2cn[nH]c2)cc(Cl)c1Cl. The number of nitrogens with one attached hydrogen (secondary N) is 2. The van der Waals surface area contributed by atoms with Gasteiger partial charge in [0.2, 0.25) is 0 Å². The maximum Gasteiger partial charge on any atom is 0.272 e. The first kappa shape index (κ1) is 11.0. The fourth-order valence-corrected chi connectivity index (χ4v) is 1.65. The van der Waals surface area contributed by atoms with Crippen molar-refractivity contribution in [2.24, 2.45) is 7.05 Å². The Kier molecular flexibility index (Phi) is 2.89. The molecular weight excluding hydrogens is 251 g/mol. The van der Waals surface area contributed by atoms with E-state index in [0.29, 0.717) is 21.6 Å². The Bertz CT molecular complexity index is 518. The molecule has 7 heteroatoms. The van der Waals surface area contributed by atoms with Gasteiger partial charge in [-0.2, -0.15) is 5.10 Å². The van der Waals surface area contributed by atoms with Crippen molar-refractivity contribution in [3.63, 3.8) is 0 Å². The summed E-state index contributed by atoms with van der Waals surface area (Å²) >= 11 is 11.7. The lowest BCUT2D eigenvalue weighted by atomic mass is 10.4. The monoisotopic (exact) mass is 258 g/mol. The molecule has 0 radical (unpaired) electrons. The molecule has 5 nitrogen and oxygen atoms in total. The highest BCUT2D eigenvalue weighted by atomic mass is 35.5. The fourth-order valence-electron chi connectivity index (χ4n) is 1.27. The highest BCUT2D eigenvalue weighted by Gasteiger charge is 2.15. The molecule has 0 saturated heterocycles. The van der Waals surface area contributed by atoms with E-state index in [-0.39, 0.29) is 5.91 Å². The van der Waals surface area contributed by atoms with Crippen LogP contribution in [0.5, 0.6) is 0 Å². The summed E-state index contributed by atoms with van der Waals surface area (Å²) in [6.45, 7) is 0. The molecule has 84 valence electrons. The number of hydrogen-bond donors (Lipinski definition) is 2. The lowest BCUT2D eigenvalue weighted by molar-refractivity contribution is 0.101. The number of rotatable bonds is 2. The van der Waals surface area contributed by atoms with Crippen LogP contribution in [0.4, 0.5) is 5.69 Å². The smallest absolute Gasteiger partial charge is 0.272 e. The maximum absolute atomic E-state index is 11.8. The molecule has 0 atom stereocenters. The van der Waals surface area contributed by atoms with Crippen LogP contribution in [-0.2, 0) is 7.05 Å². The molecule has 0 aliphatic rings. The van der Waals surface area contributed by atoms with Gasteiger partial charge in [-0.05, 0) is 6.07 Å². The predicted molar refractivity (Wildman–Crippen MR) is 62.0 cm³/mol. The summed E-state index contributed by atoms with van der Waals surface area (Å²) in [5.41, 5.74) is 0.967. The Morgan fingerprint density at radius 3 is 2.81 bits per heavy atom. The second-order valence-corrected chi connectivity index (χ2v) is 3.93. The lowest BCUT2D eigenvalue weighted by Gasteiger charge is -2.03. The van der Waals surface area contributed by atoms with Crippen LogP contribution < -0.4 is 5.32 Å². The third kappa shape index (κ3) is 1.91. The number of aromatic amines is 1.